The molecule has 0 saturated heterocycles. The lowest BCUT2D eigenvalue weighted by atomic mass is 10.1. The summed E-state index contributed by atoms with van der Waals surface area (Å²) in [4.78, 5) is 0. The van der Waals surface area contributed by atoms with Crippen LogP contribution in [-0.2, 0) is 11.2 Å². The van der Waals surface area contributed by atoms with Gasteiger partial charge in [-0.1, -0.05) is 15.9 Å². The summed E-state index contributed by atoms with van der Waals surface area (Å²) in [5, 5.41) is 0. The molecule has 0 spiro atoms. The summed E-state index contributed by atoms with van der Waals surface area (Å²) in [6.07, 6.45) is 0.786. The fourth-order valence-corrected chi connectivity index (χ4v) is 1.92. The van der Waals surface area contributed by atoms with Crippen molar-refractivity contribution >= 4 is 15.9 Å². The van der Waals surface area contributed by atoms with Crippen LogP contribution in [0.1, 0.15) is 19.4 Å². The zero-order chi connectivity index (χ0) is 12.1. The minimum Gasteiger partial charge on any atom is -0.377 e. The summed E-state index contributed by atoms with van der Waals surface area (Å²) in [5.41, 5.74) is 6.77. The predicted octanol–water partition coefficient (Wildman–Crippen LogP) is 2.88. The zero-order valence-corrected chi connectivity index (χ0v) is 11.1. The summed E-state index contributed by atoms with van der Waals surface area (Å²) in [6.45, 7) is 4.42. The molecule has 1 aromatic carbocycles. The molecule has 1 rings (SSSR count). The van der Waals surface area contributed by atoms with Crippen molar-refractivity contribution in [1.82, 2.24) is 0 Å². The maximum atomic E-state index is 13.1. The Balaban J connectivity index is 2.52. The number of nitrogens with two attached hydrogens (primary N) is 1. The molecule has 2 N–H and O–H groups in total. The third-order valence-electron chi connectivity index (χ3n) is 2.06. The van der Waals surface area contributed by atoms with E-state index in [2.05, 4.69) is 15.9 Å². The molecular formula is C12H17BrFNO. The quantitative estimate of drug-likeness (QED) is 0.905. The molecule has 1 unspecified atom stereocenters. The molecule has 0 saturated carbocycles. The van der Waals surface area contributed by atoms with Crippen molar-refractivity contribution in [2.45, 2.75) is 32.4 Å². The van der Waals surface area contributed by atoms with E-state index in [0.717, 1.165) is 10.0 Å². The molecule has 1 atom stereocenters. The number of benzene rings is 1. The van der Waals surface area contributed by atoms with Gasteiger partial charge in [0.1, 0.15) is 5.82 Å². The van der Waals surface area contributed by atoms with Crippen LogP contribution in [0.5, 0.6) is 0 Å². The van der Waals surface area contributed by atoms with E-state index >= 15 is 0 Å². The Morgan fingerprint density at radius 2 is 2.06 bits per heavy atom. The molecule has 0 heterocycles. The van der Waals surface area contributed by atoms with Gasteiger partial charge in [0, 0.05) is 10.5 Å². The van der Waals surface area contributed by atoms with E-state index < -0.39 is 0 Å². The lowest BCUT2D eigenvalue weighted by Crippen LogP contribution is -2.30. The zero-order valence-electron chi connectivity index (χ0n) is 9.54. The Kier molecular flexibility index (Phi) is 5.38. The van der Waals surface area contributed by atoms with Crippen LogP contribution in [0.25, 0.3) is 0 Å². The van der Waals surface area contributed by atoms with Gasteiger partial charge in [-0.3, -0.25) is 0 Å². The van der Waals surface area contributed by atoms with Crippen molar-refractivity contribution in [2.75, 3.05) is 6.61 Å². The molecule has 0 aliphatic rings. The molecule has 0 radical (unpaired) electrons. The van der Waals surface area contributed by atoms with E-state index in [-0.39, 0.29) is 18.0 Å². The Labute approximate surface area is 104 Å². The maximum Gasteiger partial charge on any atom is 0.124 e. The van der Waals surface area contributed by atoms with E-state index in [1.165, 1.54) is 12.1 Å². The Hall–Kier alpha value is -0.450. The predicted molar refractivity (Wildman–Crippen MR) is 66.9 cm³/mol. The SMILES string of the molecule is CC(C)OCC(N)Cc1cc(F)cc(Br)c1. The highest BCUT2D eigenvalue weighted by Gasteiger charge is 2.07. The largest absolute Gasteiger partial charge is 0.377 e. The first-order chi connectivity index (χ1) is 7.47. The van der Waals surface area contributed by atoms with Crippen LogP contribution in [0.4, 0.5) is 4.39 Å². The fraction of sp³-hybridized carbons (Fsp3) is 0.500. The molecule has 90 valence electrons. The van der Waals surface area contributed by atoms with Gasteiger partial charge in [-0.2, -0.15) is 0 Å². The topological polar surface area (TPSA) is 35.2 Å². The Morgan fingerprint density at radius 3 is 2.62 bits per heavy atom. The first-order valence-electron chi connectivity index (χ1n) is 5.29. The van der Waals surface area contributed by atoms with Crippen LogP contribution < -0.4 is 5.73 Å². The molecule has 0 aliphatic carbocycles. The van der Waals surface area contributed by atoms with E-state index in [4.69, 9.17) is 10.5 Å². The number of halogens is 2. The van der Waals surface area contributed by atoms with E-state index in [1.807, 2.05) is 19.9 Å². The highest BCUT2D eigenvalue weighted by Crippen LogP contribution is 2.16. The van der Waals surface area contributed by atoms with Crippen LogP contribution in [0.2, 0.25) is 0 Å². The van der Waals surface area contributed by atoms with Crippen LogP contribution in [0.15, 0.2) is 22.7 Å². The van der Waals surface area contributed by atoms with Crippen LogP contribution >= 0.6 is 15.9 Å². The summed E-state index contributed by atoms with van der Waals surface area (Å²) in [7, 11) is 0. The van der Waals surface area contributed by atoms with Gasteiger partial charge in [0.15, 0.2) is 0 Å². The van der Waals surface area contributed by atoms with E-state index in [0.29, 0.717) is 13.0 Å². The second kappa shape index (κ2) is 6.33. The van der Waals surface area contributed by atoms with Crippen molar-refractivity contribution in [3.63, 3.8) is 0 Å². The number of hydrogen-bond acceptors (Lipinski definition) is 2. The summed E-state index contributed by atoms with van der Waals surface area (Å²) < 4.78 is 19.2. The molecule has 0 fully saturated rings. The minimum absolute atomic E-state index is 0.101. The second-order valence-electron chi connectivity index (χ2n) is 4.12. The lowest BCUT2D eigenvalue weighted by Gasteiger charge is -2.14. The van der Waals surface area contributed by atoms with E-state index in [1.54, 1.807) is 0 Å². The smallest absolute Gasteiger partial charge is 0.124 e. The molecule has 0 bridgehead atoms. The normalized spacial score (nSPS) is 13.1. The summed E-state index contributed by atoms with van der Waals surface area (Å²) >= 11 is 3.25. The van der Waals surface area contributed by atoms with Crippen LogP contribution in [0.3, 0.4) is 0 Å². The standard InChI is InChI=1S/C12H17BrFNO/c1-8(2)16-7-12(15)5-9-3-10(13)6-11(14)4-9/h3-4,6,8,12H,5,7,15H2,1-2H3. The van der Waals surface area contributed by atoms with Crippen molar-refractivity contribution in [3.05, 3.63) is 34.1 Å². The second-order valence-corrected chi connectivity index (χ2v) is 5.04. The molecule has 16 heavy (non-hydrogen) atoms. The van der Waals surface area contributed by atoms with Gasteiger partial charge in [-0.25, -0.2) is 4.39 Å². The molecular weight excluding hydrogens is 273 g/mol. The third-order valence-corrected chi connectivity index (χ3v) is 2.52. The monoisotopic (exact) mass is 289 g/mol. The molecule has 2 nitrogen and oxygen atoms in total. The van der Waals surface area contributed by atoms with Crippen molar-refractivity contribution in [1.29, 1.82) is 0 Å². The highest BCUT2D eigenvalue weighted by molar-refractivity contribution is 9.10. The van der Waals surface area contributed by atoms with Gasteiger partial charge < -0.3 is 10.5 Å². The molecule has 4 heteroatoms. The average Bonchev–Trinajstić information content (AvgIpc) is 2.12. The molecule has 0 aromatic heterocycles. The molecule has 1 aromatic rings. The Bertz CT molecular complexity index is 324. The number of hydrogen-bond donors (Lipinski definition) is 1. The van der Waals surface area contributed by atoms with Crippen molar-refractivity contribution in [2.24, 2.45) is 5.73 Å². The third kappa shape index (κ3) is 5.05. The van der Waals surface area contributed by atoms with E-state index in [9.17, 15) is 4.39 Å². The number of rotatable bonds is 5. The van der Waals surface area contributed by atoms with Gasteiger partial charge in [0.25, 0.3) is 0 Å². The maximum absolute atomic E-state index is 13.1. The lowest BCUT2D eigenvalue weighted by molar-refractivity contribution is 0.0684. The van der Waals surface area contributed by atoms with Crippen LogP contribution in [0, 0.1) is 5.82 Å². The highest BCUT2D eigenvalue weighted by atomic mass is 79.9. The van der Waals surface area contributed by atoms with Gasteiger partial charge in [-0.05, 0) is 44.0 Å². The molecule has 0 aliphatic heterocycles. The summed E-state index contributed by atoms with van der Waals surface area (Å²) in [6, 6.07) is 4.70. The molecule has 0 amide bonds. The minimum atomic E-state index is -0.249. The number of ether oxygens (including phenoxy) is 1. The Morgan fingerprint density at radius 1 is 1.38 bits per heavy atom. The summed E-state index contributed by atoms with van der Waals surface area (Å²) in [5.74, 6) is -0.249. The van der Waals surface area contributed by atoms with Crippen LogP contribution in [-0.4, -0.2) is 18.8 Å². The first kappa shape index (κ1) is 13.6. The average molecular weight is 290 g/mol. The first-order valence-corrected chi connectivity index (χ1v) is 6.09. The van der Waals surface area contributed by atoms with Gasteiger partial charge in [0.05, 0.1) is 12.7 Å². The van der Waals surface area contributed by atoms with Gasteiger partial charge in [-0.15, -0.1) is 0 Å². The van der Waals surface area contributed by atoms with Crippen molar-refractivity contribution < 1.29 is 9.13 Å². The van der Waals surface area contributed by atoms with Crippen molar-refractivity contribution in [3.8, 4) is 0 Å². The van der Waals surface area contributed by atoms with Gasteiger partial charge >= 0.3 is 0 Å². The van der Waals surface area contributed by atoms with Gasteiger partial charge in [0.2, 0.25) is 0 Å². The fourth-order valence-electron chi connectivity index (χ4n) is 1.41.